The van der Waals surface area contributed by atoms with Gasteiger partial charge in [-0.15, -0.1) is 0 Å². The molecule has 1 amide bonds. The minimum absolute atomic E-state index is 0.0413. The average molecular weight is 562 g/mol. The van der Waals surface area contributed by atoms with E-state index in [0.29, 0.717) is 16.7 Å². The second-order valence-electron chi connectivity index (χ2n) is 11.6. The topological polar surface area (TPSA) is 165 Å². The fraction of sp³-hybridized carbons (Fsp3) is 0.387. The number of primary amides is 1. The fourth-order valence-electron chi connectivity index (χ4n) is 6.83. The van der Waals surface area contributed by atoms with E-state index in [1.54, 1.807) is 14.1 Å². The van der Waals surface area contributed by atoms with Crippen LogP contribution in [0, 0.1) is 11.8 Å². The van der Waals surface area contributed by atoms with E-state index in [2.05, 4.69) is 0 Å². The summed E-state index contributed by atoms with van der Waals surface area (Å²) >= 11 is 0. The molecule has 0 aliphatic heterocycles. The monoisotopic (exact) mass is 561 g/mol. The quantitative estimate of drug-likeness (QED) is 0.344. The number of Topliss-reactive ketones (excluding diaryl/α,β-unsaturated/α-hetero) is 2. The average Bonchev–Trinajstić information content (AvgIpc) is 2.90. The Morgan fingerprint density at radius 3 is 2.24 bits per heavy atom. The van der Waals surface area contributed by atoms with Gasteiger partial charge in [-0.25, -0.2) is 0 Å². The highest BCUT2D eigenvalue weighted by Crippen LogP contribution is 2.54. The number of aryl methyl sites for hydroxylation is 1. The Bertz CT molecular complexity index is 1550. The summed E-state index contributed by atoms with van der Waals surface area (Å²) in [7, 11) is 6.83. The van der Waals surface area contributed by atoms with Gasteiger partial charge < -0.3 is 31.1 Å². The van der Waals surface area contributed by atoms with Crippen LogP contribution in [0.3, 0.4) is 0 Å². The number of carbonyl (C=O) groups excluding carboxylic acids is 3. The summed E-state index contributed by atoms with van der Waals surface area (Å²) in [5.74, 6) is -6.64. The number of fused-ring (bicyclic) bond motifs is 3. The van der Waals surface area contributed by atoms with Crippen LogP contribution in [-0.2, 0) is 27.2 Å². The minimum atomic E-state index is -2.67. The smallest absolute Gasteiger partial charge is 0.255 e. The summed E-state index contributed by atoms with van der Waals surface area (Å²) in [5, 5.41) is 46.0. The molecule has 0 unspecified atom stereocenters. The lowest BCUT2D eigenvalue weighted by Crippen LogP contribution is -2.65. The van der Waals surface area contributed by atoms with Crippen molar-refractivity contribution in [3.8, 4) is 16.9 Å². The van der Waals surface area contributed by atoms with Crippen LogP contribution in [-0.4, -0.2) is 82.6 Å². The number of aliphatic hydroxyl groups is 3. The van der Waals surface area contributed by atoms with Crippen molar-refractivity contribution in [2.75, 3.05) is 33.1 Å². The van der Waals surface area contributed by atoms with Gasteiger partial charge in [-0.2, -0.15) is 0 Å². The molecule has 2 aromatic rings. The normalized spacial score (nSPS) is 25.7. The number of phenols is 1. The lowest BCUT2D eigenvalue weighted by atomic mass is 9.57. The number of benzene rings is 2. The van der Waals surface area contributed by atoms with Gasteiger partial charge in [-0.05, 0) is 62.0 Å². The summed E-state index contributed by atoms with van der Waals surface area (Å²) in [6, 6.07) is 8.38. The zero-order valence-corrected chi connectivity index (χ0v) is 23.7. The van der Waals surface area contributed by atoms with Gasteiger partial charge >= 0.3 is 0 Å². The van der Waals surface area contributed by atoms with Crippen molar-refractivity contribution in [2.45, 2.75) is 37.8 Å². The molecule has 0 saturated heterocycles. The molecule has 10 nitrogen and oxygen atoms in total. The molecule has 0 heterocycles. The molecule has 4 atom stereocenters. The number of carbonyl (C=O) groups is 3. The number of aliphatic hydroxyl groups excluding tert-OH is 2. The van der Waals surface area contributed by atoms with Crippen LogP contribution in [0.1, 0.15) is 30.0 Å². The molecule has 3 aliphatic carbocycles. The lowest BCUT2D eigenvalue weighted by molar-refractivity contribution is -0.153. The van der Waals surface area contributed by atoms with E-state index in [4.69, 9.17) is 5.73 Å². The van der Waals surface area contributed by atoms with Crippen LogP contribution in [0.2, 0.25) is 0 Å². The third kappa shape index (κ3) is 3.96. The van der Waals surface area contributed by atoms with E-state index < -0.39 is 58.0 Å². The summed E-state index contributed by atoms with van der Waals surface area (Å²) in [5.41, 5.74) is 5.43. The van der Waals surface area contributed by atoms with E-state index in [1.807, 2.05) is 56.3 Å². The fourth-order valence-corrected chi connectivity index (χ4v) is 6.83. The first-order chi connectivity index (χ1) is 19.2. The second-order valence-corrected chi connectivity index (χ2v) is 11.6. The number of rotatable bonds is 5. The SMILES string of the molecule is CCc1ccc(-c2cc(N(C)C)c3c(c2O)C(O)=C2C(=O)[C@]4(O)C(O)=C(C(N)=O)C(=O)[C@@H](N(C)C)[C@@H]4C[C@@H]2C3)cc1. The van der Waals surface area contributed by atoms with Crippen LogP contribution in [0.15, 0.2) is 47.2 Å². The van der Waals surface area contributed by atoms with Gasteiger partial charge in [0.05, 0.1) is 11.6 Å². The molecule has 0 aromatic heterocycles. The molecule has 0 bridgehead atoms. The maximum atomic E-state index is 14.1. The molecular formula is C31H35N3O7. The molecule has 1 saturated carbocycles. The summed E-state index contributed by atoms with van der Waals surface area (Å²) in [6.45, 7) is 2.04. The second kappa shape index (κ2) is 9.74. The molecular weight excluding hydrogens is 526 g/mol. The maximum Gasteiger partial charge on any atom is 0.255 e. The molecule has 0 spiro atoms. The Morgan fingerprint density at radius 2 is 1.71 bits per heavy atom. The first-order valence-corrected chi connectivity index (χ1v) is 13.6. The largest absolute Gasteiger partial charge is 0.508 e. The third-order valence-electron chi connectivity index (χ3n) is 8.85. The molecule has 1 fully saturated rings. The van der Waals surface area contributed by atoms with Crippen molar-refractivity contribution in [2.24, 2.45) is 17.6 Å². The first kappa shape index (κ1) is 28.4. The van der Waals surface area contributed by atoms with Gasteiger partial charge in [0, 0.05) is 36.8 Å². The minimum Gasteiger partial charge on any atom is -0.508 e. The third-order valence-corrected chi connectivity index (χ3v) is 8.85. The van der Waals surface area contributed by atoms with Crippen molar-refractivity contribution in [3.05, 3.63) is 63.9 Å². The number of amides is 1. The Labute approximate surface area is 238 Å². The standard InChI is InChI=1S/C31H35N3O7/c1-6-14-7-9-15(10-8-14)17-13-20(33(2)3)18-11-16-12-19-24(34(4)5)27(37)23(30(32)40)29(39)31(19,41)28(38)21(16)26(36)22(18)25(17)35/h7-10,13,16,19,24,35-36,39,41H,6,11-12H2,1-5H3,(H2,32,40)/t16-,19-,24-,31-/m0/s1. The summed E-state index contributed by atoms with van der Waals surface area (Å²) in [4.78, 5) is 42.9. The molecule has 6 N–H and O–H groups in total. The Hall–Kier alpha value is -4.15. The predicted molar refractivity (Wildman–Crippen MR) is 153 cm³/mol. The highest BCUT2D eigenvalue weighted by atomic mass is 16.3. The number of anilines is 1. The molecule has 5 rings (SSSR count). The van der Waals surface area contributed by atoms with Crippen LogP contribution in [0.4, 0.5) is 5.69 Å². The Morgan fingerprint density at radius 1 is 1.07 bits per heavy atom. The van der Waals surface area contributed by atoms with Crippen molar-refractivity contribution in [1.29, 1.82) is 0 Å². The van der Waals surface area contributed by atoms with Crippen LogP contribution < -0.4 is 10.6 Å². The summed E-state index contributed by atoms with van der Waals surface area (Å²) < 4.78 is 0. The van der Waals surface area contributed by atoms with Gasteiger partial charge in [0.15, 0.2) is 11.4 Å². The number of hydrogen-bond donors (Lipinski definition) is 5. The van der Waals surface area contributed by atoms with Crippen molar-refractivity contribution >= 4 is 28.9 Å². The van der Waals surface area contributed by atoms with Gasteiger partial charge in [0.2, 0.25) is 5.78 Å². The van der Waals surface area contributed by atoms with E-state index in [-0.39, 0.29) is 29.7 Å². The zero-order chi connectivity index (χ0) is 30.1. The first-order valence-electron chi connectivity index (χ1n) is 13.6. The summed E-state index contributed by atoms with van der Waals surface area (Å²) in [6.07, 6.45) is 1.11. The van der Waals surface area contributed by atoms with Crippen LogP contribution in [0.25, 0.3) is 16.9 Å². The molecule has 10 heteroatoms. The zero-order valence-electron chi connectivity index (χ0n) is 23.7. The number of likely N-dealkylation sites (N-methyl/N-ethyl adjacent to an activating group) is 1. The number of hydrogen-bond acceptors (Lipinski definition) is 9. The molecule has 216 valence electrons. The molecule has 2 aromatic carbocycles. The van der Waals surface area contributed by atoms with Crippen molar-refractivity contribution < 1.29 is 34.8 Å². The van der Waals surface area contributed by atoms with Crippen LogP contribution >= 0.6 is 0 Å². The number of nitrogens with two attached hydrogens (primary N) is 1. The van der Waals surface area contributed by atoms with E-state index in [1.165, 1.54) is 4.90 Å². The number of nitrogens with zero attached hydrogens (tertiary/aromatic N) is 2. The van der Waals surface area contributed by atoms with Gasteiger partial charge in [0.25, 0.3) is 5.91 Å². The predicted octanol–water partition coefficient (Wildman–Crippen LogP) is 2.26. The highest BCUT2D eigenvalue weighted by molar-refractivity contribution is 6.24. The van der Waals surface area contributed by atoms with Crippen LogP contribution in [0.5, 0.6) is 5.75 Å². The Kier molecular flexibility index (Phi) is 6.74. The molecule has 3 aliphatic rings. The molecule has 0 radical (unpaired) electrons. The van der Waals surface area contributed by atoms with Crippen molar-refractivity contribution in [3.63, 3.8) is 0 Å². The van der Waals surface area contributed by atoms with Gasteiger partial charge in [-0.3, -0.25) is 19.3 Å². The lowest BCUT2D eigenvalue weighted by Gasteiger charge is -2.50. The van der Waals surface area contributed by atoms with E-state index in [9.17, 15) is 34.8 Å². The van der Waals surface area contributed by atoms with E-state index >= 15 is 0 Å². The van der Waals surface area contributed by atoms with E-state index in [0.717, 1.165) is 17.7 Å². The number of aromatic hydroxyl groups is 1. The van der Waals surface area contributed by atoms with Crippen molar-refractivity contribution in [1.82, 2.24) is 4.90 Å². The molecule has 41 heavy (non-hydrogen) atoms. The van der Waals surface area contributed by atoms with Gasteiger partial charge in [-0.1, -0.05) is 31.2 Å². The van der Waals surface area contributed by atoms with Gasteiger partial charge in [0.1, 0.15) is 22.8 Å². The number of ketones is 2. The number of phenolic OH excluding ortho intramolecular Hbond substituents is 1. The maximum absolute atomic E-state index is 14.1. The Balaban J connectivity index is 1.76. The highest BCUT2D eigenvalue weighted by Gasteiger charge is 2.64.